The summed E-state index contributed by atoms with van der Waals surface area (Å²) in [4.78, 5) is 70.1. The van der Waals surface area contributed by atoms with Crippen LogP contribution in [-0.2, 0) is 14.3 Å². The number of rotatable bonds is 7. The number of nitrogens with zero attached hydrogens (tertiary/aromatic N) is 3. The zero-order valence-corrected chi connectivity index (χ0v) is 28.5. The quantitative estimate of drug-likeness (QED) is 0.0484. The average Bonchev–Trinajstić information content (AvgIpc) is 3.69. The van der Waals surface area contributed by atoms with Gasteiger partial charge in [-0.25, -0.2) is 9.78 Å². The highest BCUT2D eigenvalue weighted by atomic mass is 79.9. The molecule has 10 nitrogen and oxygen atoms in total. The molecule has 2 bridgehead atoms. The van der Waals surface area contributed by atoms with E-state index >= 15 is 0 Å². The number of halogens is 3. The number of carbonyl (C=O) groups excluding carboxylic acids is 4. The van der Waals surface area contributed by atoms with Gasteiger partial charge in [-0.3, -0.25) is 29.4 Å². The molecule has 1 saturated heterocycles. The highest BCUT2D eigenvalue weighted by molar-refractivity contribution is 9.12. The number of nitro groups is 1. The van der Waals surface area contributed by atoms with Crippen molar-refractivity contribution in [2.75, 3.05) is 11.5 Å². The van der Waals surface area contributed by atoms with Crippen molar-refractivity contribution in [1.82, 2.24) is 4.98 Å². The first kappa shape index (κ1) is 31.6. The van der Waals surface area contributed by atoms with Gasteiger partial charge in [0.05, 0.1) is 39.2 Å². The molecule has 7 rings (SSSR count). The van der Waals surface area contributed by atoms with Crippen molar-refractivity contribution in [3.8, 4) is 11.3 Å². The molecule has 3 aromatic carbocycles. The number of hydrogen-bond donors (Lipinski definition) is 0. The summed E-state index contributed by atoms with van der Waals surface area (Å²) >= 11 is 13.8. The van der Waals surface area contributed by atoms with E-state index in [-0.39, 0.29) is 62.0 Å². The third-order valence-corrected chi connectivity index (χ3v) is 13.1. The number of benzene rings is 3. The molecule has 3 fully saturated rings. The second kappa shape index (κ2) is 11.9. The minimum Gasteiger partial charge on any atom is -0.454 e. The lowest BCUT2D eigenvalue weighted by Gasteiger charge is -2.28. The van der Waals surface area contributed by atoms with Crippen LogP contribution in [-0.4, -0.2) is 49.7 Å². The van der Waals surface area contributed by atoms with Gasteiger partial charge in [0.25, 0.3) is 5.69 Å². The van der Waals surface area contributed by atoms with E-state index in [2.05, 4.69) is 31.9 Å². The number of ether oxygens (including phenoxy) is 1. The van der Waals surface area contributed by atoms with Crippen LogP contribution in [0.2, 0.25) is 5.02 Å². The molecule has 1 aromatic heterocycles. The van der Waals surface area contributed by atoms with Crippen LogP contribution in [0.4, 0.5) is 11.4 Å². The summed E-state index contributed by atoms with van der Waals surface area (Å²) in [5.74, 6) is -2.21. The Morgan fingerprint density at radius 1 is 1.00 bits per heavy atom. The summed E-state index contributed by atoms with van der Waals surface area (Å²) in [7, 11) is 0. The van der Waals surface area contributed by atoms with E-state index in [0.717, 1.165) is 12.5 Å². The average molecular weight is 782 g/mol. The van der Waals surface area contributed by atoms with E-state index in [1.807, 2.05) is 0 Å². The van der Waals surface area contributed by atoms with Crippen molar-refractivity contribution in [3.05, 3.63) is 98.6 Å². The van der Waals surface area contributed by atoms with E-state index in [0.29, 0.717) is 38.4 Å². The number of imide groups is 1. The van der Waals surface area contributed by atoms with Crippen LogP contribution in [0.1, 0.15) is 32.7 Å². The summed E-state index contributed by atoms with van der Waals surface area (Å²) in [5, 5.41) is 12.0. The largest absolute Gasteiger partial charge is 0.454 e. The van der Waals surface area contributed by atoms with E-state index in [1.54, 1.807) is 49.4 Å². The Labute approximate surface area is 289 Å². The molecule has 47 heavy (non-hydrogen) atoms. The molecule has 6 unspecified atom stereocenters. The second-order valence-corrected chi connectivity index (χ2v) is 14.5. The van der Waals surface area contributed by atoms with Crippen molar-refractivity contribution in [2.24, 2.45) is 23.7 Å². The van der Waals surface area contributed by atoms with Gasteiger partial charge in [-0.05, 0) is 55.0 Å². The smallest absolute Gasteiger partial charge is 0.339 e. The second-order valence-electron chi connectivity index (χ2n) is 12.0. The van der Waals surface area contributed by atoms with Gasteiger partial charge in [0, 0.05) is 43.3 Å². The van der Waals surface area contributed by atoms with Gasteiger partial charge in [0.1, 0.15) is 0 Å². The number of hydrogen-bond acceptors (Lipinski definition) is 8. The number of aryl methyl sites for hydroxylation is 1. The van der Waals surface area contributed by atoms with Crippen LogP contribution in [0.5, 0.6) is 0 Å². The maximum absolute atomic E-state index is 13.5. The Morgan fingerprint density at radius 3 is 2.30 bits per heavy atom. The van der Waals surface area contributed by atoms with Crippen molar-refractivity contribution in [3.63, 3.8) is 0 Å². The molecule has 0 spiro atoms. The first-order valence-electron chi connectivity index (χ1n) is 14.8. The van der Waals surface area contributed by atoms with Gasteiger partial charge in [-0.15, -0.1) is 0 Å². The summed E-state index contributed by atoms with van der Waals surface area (Å²) in [6.07, 6.45) is 0.843. The fraction of sp³-hybridized carbons (Fsp3) is 0.265. The number of alkyl halides is 2. The fourth-order valence-corrected chi connectivity index (χ4v) is 9.22. The molecular formula is C34H24Br2ClN3O7. The van der Waals surface area contributed by atoms with Crippen LogP contribution in [0.3, 0.4) is 0 Å². The van der Waals surface area contributed by atoms with Gasteiger partial charge < -0.3 is 4.74 Å². The van der Waals surface area contributed by atoms with Crippen molar-refractivity contribution in [2.45, 2.75) is 23.0 Å². The van der Waals surface area contributed by atoms with Gasteiger partial charge in [0.2, 0.25) is 17.6 Å². The maximum Gasteiger partial charge on any atom is 0.339 e. The Kier molecular flexibility index (Phi) is 8.00. The van der Waals surface area contributed by atoms with Crippen LogP contribution in [0, 0.1) is 40.7 Å². The molecule has 13 heteroatoms. The first-order chi connectivity index (χ1) is 22.5. The van der Waals surface area contributed by atoms with Gasteiger partial charge in [-0.2, -0.15) is 0 Å². The monoisotopic (exact) mass is 779 g/mol. The van der Waals surface area contributed by atoms with Crippen LogP contribution >= 0.6 is 43.5 Å². The Bertz CT molecular complexity index is 2010. The predicted molar refractivity (Wildman–Crippen MR) is 181 cm³/mol. The zero-order valence-electron chi connectivity index (χ0n) is 24.6. The third kappa shape index (κ3) is 5.17. The number of ketones is 1. The number of Topliss-reactive ketones (excluding diaryl/α,β-unsaturated/α-hetero) is 1. The number of esters is 1. The minimum absolute atomic E-state index is 0.0419. The SMILES string of the molecule is Cc1c(Cl)ccc2c(C(=O)OCC(=O)c3cccc([N+](=O)[O-])c3)cc(-c3ccc(N4C(=O)C5C6CC(C(Br)C6Br)C5C4=O)cc3)nc12. The Morgan fingerprint density at radius 2 is 1.66 bits per heavy atom. The number of nitro benzene ring substituents is 1. The zero-order chi connectivity index (χ0) is 33.3. The number of pyridine rings is 1. The van der Waals surface area contributed by atoms with Crippen molar-refractivity contribution < 1.29 is 28.8 Å². The first-order valence-corrected chi connectivity index (χ1v) is 17.0. The molecular weight excluding hydrogens is 758 g/mol. The highest BCUT2D eigenvalue weighted by Gasteiger charge is 2.66. The van der Waals surface area contributed by atoms with Gasteiger partial charge in [-0.1, -0.05) is 73.8 Å². The van der Waals surface area contributed by atoms with Crippen LogP contribution < -0.4 is 4.90 Å². The lowest BCUT2D eigenvalue weighted by molar-refractivity contribution is -0.384. The molecule has 238 valence electrons. The normalized spacial score (nSPS) is 24.6. The molecule has 2 aliphatic carbocycles. The fourth-order valence-electron chi connectivity index (χ4n) is 7.19. The number of fused-ring (bicyclic) bond motifs is 6. The lowest BCUT2D eigenvalue weighted by atomic mass is 9.81. The number of carbonyl (C=O) groups is 4. The Balaban J connectivity index is 1.17. The summed E-state index contributed by atoms with van der Waals surface area (Å²) in [6.45, 7) is 1.14. The topological polar surface area (TPSA) is 137 Å². The third-order valence-electron chi connectivity index (χ3n) is 9.51. The molecule has 2 saturated carbocycles. The van der Waals surface area contributed by atoms with Crippen molar-refractivity contribution >= 4 is 89.3 Å². The van der Waals surface area contributed by atoms with E-state index in [9.17, 15) is 29.3 Å². The van der Waals surface area contributed by atoms with Crippen molar-refractivity contribution in [1.29, 1.82) is 0 Å². The minimum atomic E-state index is -0.791. The van der Waals surface area contributed by atoms with E-state index < -0.39 is 23.3 Å². The molecule has 0 radical (unpaired) electrons. The number of non-ortho nitro benzene ring substituents is 1. The van der Waals surface area contributed by atoms with Gasteiger partial charge in [0.15, 0.2) is 6.61 Å². The maximum atomic E-state index is 13.5. The van der Waals surface area contributed by atoms with Crippen LogP contribution in [0.15, 0.2) is 66.7 Å². The molecule has 1 aliphatic heterocycles. The van der Waals surface area contributed by atoms with E-state index in [4.69, 9.17) is 21.3 Å². The standard InChI is InChI=1S/C34H24Br2ClN3O7/c1-15-24(37)10-9-20-21(34(44)47-14-26(41)17-3-2-4-19(11-17)40(45)46)13-25(38-31(15)20)16-5-7-18(8-6-16)39-32(42)27-22-12-23(28(27)33(39)43)30(36)29(22)35/h2-11,13,22-23,27-30H,12,14H2,1H3. The molecule has 4 aromatic rings. The molecule has 2 heterocycles. The molecule has 6 atom stereocenters. The lowest BCUT2D eigenvalue weighted by Crippen LogP contribution is -2.37. The van der Waals surface area contributed by atoms with E-state index in [1.165, 1.54) is 23.1 Å². The number of aromatic nitrogens is 1. The molecule has 3 aliphatic rings. The molecule has 2 amide bonds. The summed E-state index contributed by atoms with van der Waals surface area (Å²) in [5.41, 5.74) is 2.50. The number of amides is 2. The Hall–Kier alpha value is -4.00. The number of anilines is 1. The predicted octanol–water partition coefficient (Wildman–Crippen LogP) is 7.09. The molecule has 0 N–H and O–H groups in total. The van der Waals surface area contributed by atoms with Gasteiger partial charge >= 0.3 is 5.97 Å². The highest BCUT2D eigenvalue weighted by Crippen LogP contribution is 2.60. The van der Waals surface area contributed by atoms with Crippen LogP contribution in [0.25, 0.3) is 22.2 Å². The summed E-state index contributed by atoms with van der Waals surface area (Å²) in [6, 6.07) is 16.9. The summed E-state index contributed by atoms with van der Waals surface area (Å²) < 4.78 is 5.39.